The van der Waals surface area contributed by atoms with Crippen molar-refractivity contribution in [3.8, 4) is 5.75 Å². The highest BCUT2D eigenvalue weighted by atomic mass is 35.5. The monoisotopic (exact) mass is 416 g/mol. The molecule has 0 radical (unpaired) electrons. The zero-order chi connectivity index (χ0) is 21.1. The molecule has 0 fully saturated rings. The molecule has 0 heterocycles. The van der Waals surface area contributed by atoms with Gasteiger partial charge in [-0.25, -0.2) is 0 Å². The molecule has 5 nitrogen and oxygen atoms in total. The van der Waals surface area contributed by atoms with Gasteiger partial charge < -0.3 is 15.0 Å². The van der Waals surface area contributed by atoms with Crippen LogP contribution in [0.5, 0.6) is 5.75 Å². The van der Waals surface area contributed by atoms with Crippen LogP contribution in [0.25, 0.3) is 0 Å². The molecular formula is C23H29ClN2O3. The van der Waals surface area contributed by atoms with Gasteiger partial charge in [0.25, 0.3) is 0 Å². The van der Waals surface area contributed by atoms with E-state index in [1.165, 1.54) is 0 Å². The summed E-state index contributed by atoms with van der Waals surface area (Å²) in [5.74, 6) is 0.566. The Hall–Kier alpha value is -2.53. The van der Waals surface area contributed by atoms with E-state index in [4.69, 9.17) is 16.3 Å². The van der Waals surface area contributed by atoms with Crippen LogP contribution in [0.1, 0.15) is 38.7 Å². The van der Waals surface area contributed by atoms with Crippen molar-refractivity contribution in [3.63, 3.8) is 0 Å². The Balaban J connectivity index is 1.97. The predicted molar refractivity (Wildman–Crippen MR) is 116 cm³/mol. The molecule has 2 aromatic carbocycles. The Morgan fingerprint density at radius 1 is 1.10 bits per heavy atom. The van der Waals surface area contributed by atoms with Crippen molar-refractivity contribution in [2.45, 2.75) is 45.7 Å². The van der Waals surface area contributed by atoms with Crippen molar-refractivity contribution in [2.75, 3.05) is 13.2 Å². The van der Waals surface area contributed by atoms with E-state index in [1.807, 2.05) is 49.4 Å². The molecule has 1 atom stereocenters. The zero-order valence-electron chi connectivity index (χ0n) is 17.1. The molecule has 0 aliphatic heterocycles. The summed E-state index contributed by atoms with van der Waals surface area (Å²) in [5, 5.41) is 3.51. The van der Waals surface area contributed by atoms with Crippen LogP contribution in [0.15, 0.2) is 54.6 Å². The van der Waals surface area contributed by atoms with Gasteiger partial charge in [0.15, 0.2) is 0 Å². The van der Waals surface area contributed by atoms with Crippen LogP contribution < -0.4 is 10.1 Å². The molecule has 0 unspecified atom stereocenters. The number of nitrogens with zero attached hydrogens (tertiary/aromatic N) is 1. The topological polar surface area (TPSA) is 58.6 Å². The lowest BCUT2D eigenvalue weighted by Gasteiger charge is -2.29. The highest BCUT2D eigenvalue weighted by Crippen LogP contribution is 2.15. The normalized spacial score (nSPS) is 11.6. The van der Waals surface area contributed by atoms with Crippen molar-refractivity contribution in [1.82, 2.24) is 10.2 Å². The van der Waals surface area contributed by atoms with E-state index < -0.39 is 6.04 Å². The summed E-state index contributed by atoms with van der Waals surface area (Å²) in [5.41, 5.74) is 0.929. The molecule has 0 saturated carbocycles. The third-order valence-electron chi connectivity index (χ3n) is 4.53. The Morgan fingerprint density at radius 2 is 1.79 bits per heavy atom. The van der Waals surface area contributed by atoms with Crippen LogP contribution in [0, 0.1) is 0 Å². The van der Waals surface area contributed by atoms with E-state index >= 15 is 0 Å². The number of amides is 2. The summed E-state index contributed by atoms with van der Waals surface area (Å²) < 4.78 is 5.66. The molecule has 0 aliphatic carbocycles. The average molecular weight is 417 g/mol. The van der Waals surface area contributed by atoms with Crippen LogP contribution >= 0.6 is 11.6 Å². The molecule has 156 valence electrons. The number of rotatable bonds is 11. The van der Waals surface area contributed by atoms with Gasteiger partial charge in [-0.2, -0.15) is 0 Å². The lowest BCUT2D eigenvalue weighted by Crippen LogP contribution is -2.47. The van der Waals surface area contributed by atoms with Gasteiger partial charge in [0.2, 0.25) is 11.8 Å². The van der Waals surface area contributed by atoms with Crippen LogP contribution in [0.3, 0.4) is 0 Å². The summed E-state index contributed by atoms with van der Waals surface area (Å²) in [6, 6.07) is 16.3. The smallest absolute Gasteiger partial charge is 0.242 e. The molecule has 1 N–H and O–H groups in total. The average Bonchev–Trinajstić information content (AvgIpc) is 2.74. The van der Waals surface area contributed by atoms with Crippen molar-refractivity contribution in [1.29, 1.82) is 0 Å². The third-order valence-corrected chi connectivity index (χ3v) is 4.78. The lowest BCUT2D eigenvalue weighted by molar-refractivity contribution is -0.140. The van der Waals surface area contributed by atoms with E-state index in [0.29, 0.717) is 37.6 Å². The van der Waals surface area contributed by atoms with Gasteiger partial charge in [-0.3, -0.25) is 9.59 Å². The number of para-hydroxylation sites is 1. The Bertz CT molecular complexity index is 765. The van der Waals surface area contributed by atoms with Crippen LogP contribution in [0.2, 0.25) is 5.02 Å². The number of carbonyl (C=O) groups excluding carboxylic acids is 2. The fraction of sp³-hybridized carbons (Fsp3) is 0.391. The first kappa shape index (κ1) is 22.8. The fourth-order valence-corrected chi connectivity index (χ4v) is 2.96. The van der Waals surface area contributed by atoms with Gasteiger partial charge in [0.1, 0.15) is 11.8 Å². The second-order valence-electron chi connectivity index (χ2n) is 6.88. The van der Waals surface area contributed by atoms with Gasteiger partial charge in [-0.05, 0) is 49.6 Å². The molecule has 0 spiro atoms. The molecule has 6 heteroatoms. The molecule has 0 bridgehead atoms. The molecule has 2 aromatic rings. The van der Waals surface area contributed by atoms with Gasteiger partial charge in [-0.15, -0.1) is 0 Å². The number of halogens is 1. The lowest BCUT2D eigenvalue weighted by atomic mass is 10.1. The van der Waals surface area contributed by atoms with Gasteiger partial charge in [-0.1, -0.05) is 48.9 Å². The quantitative estimate of drug-likeness (QED) is 0.551. The van der Waals surface area contributed by atoms with Crippen LogP contribution in [-0.2, 0) is 16.1 Å². The largest absolute Gasteiger partial charge is 0.494 e. The maximum Gasteiger partial charge on any atom is 0.242 e. The van der Waals surface area contributed by atoms with Gasteiger partial charge >= 0.3 is 0 Å². The first-order valence-electron chi connectivity index (χ1n) is 10.0. The van der Waals surface area contributed by atoms with Gasteiger partial charge in [0.05, 0.1) is 6.61 Å². The highest BCUT2D eigenvalue weighted by Gasteiger charge is 2.25. The molecular weight excluding hydrogens is 388 g/mol. The Labute approximate surface area is 178 Å². The van der Waals surface area contributed by atoms with Gasteiger partial charge in [0, 0.05) is 24.5 Å². The number of carbonyl (C=O) groups is 2. The SMILES string of the molecule is CCCNC(=O)[C@H](C)N(Cc1ccc(Cl)cc1)C(=O)CCCOc1ccccc1. The van der Waals surface area contributed by atoms with Crippen molar-refractivity contribution < 1.29 is 14.3 Å². The highest BCUT2D eigenvalue weighted by molar-refractivity contribution is 6.30. The minimum Gasteiger partial charge on any atom is -0.494 e. The first-order valence-corrected chi connectivity index (χ1v) is 10.4. The molecule has 0 saturated heterocycles. The van der Waals surface area contributed by atoms with Crippen molar-refractivity contribution in [3.05, 3.63) is 65.2 Å². The zero-order valence-corrected chi connectivity index (χ0v) is 17.8. The van der Waals surface area contributed by atoms with E-state index in [9.17, 15) is 9.59 Å². The third kappa shape index (κ3) is 7.78. The second kappa shape index (κ2) is 12.1. The summed E-state index contributed by atoms with van der Waals surface area (Å²) >= 11 is 5.96. The van der Waals surface area contributed by atoms with E-state index in [-0.39, 0.29) is 11.8 Å². The summed E-state index contributed by atoms with van der Waals surface area (Å²) in [4.78, 5) is 27.0. The molecule has 2 rings (SSSR count). The minimum atomic E-state index is -0.556. The Morgan fingerprint density at radius 3 is 2.45 bits per heavy atom. The maximum atomic E-state index is 12.9. The molecule has 0 aliphatic rings. The standard InChI is InChI=1S/C23H29ClN2O3/c1-3-15-25-23(28)18(2)26(17-19-11-13-20(24)14-12-19)22(27)10-7-16-29-21-8-5-4-6-9-21/h4-6,8-9,11-14,18H,3,7,10,15-17H2,1-2H3,(H,25,28)/t18-/m0/s1. The fourth-order valence-electron chi connectivity index (χ4n) is 2.84. The summed E-state index contributed by atoms with van der Waals surface area (Å²) in [6.45, 7) is 5.15. The van der Waals surface area contributed by atoms with Crippen LogP contribution in [0.4, 0.5) is 0 Å². The predicted octanol–water partition coefficient (Wildman–Crippen LogP) is 4.44. The van der Waals surface area contributed by atoms with Crippen molar-refractivity contribution in [2.24, 2.45) is 0 Å². The molecule has 29 heavy (non-hydrogen) atoms. The second-order valence-corrected chi connectivity index (χ2v) is 7.32. The number of nitrogens with one attached hydrogen (secondary N) is 1. The van der Waals surface area contributed by atoms with E-state index in [1.54, 1.807) is 24.0 Å². The summed E-state index contributed by atoms with van der Waals surface area (Å²) in [7, 11) is 0. The molecule has 0 aromatic heterocycles. The molecule has 2 amide bonds. The van der Waals surface area contributed by atoms with E-state index in [2.05, 4.69) is 5.32 Å². The number of hydrogen-bond acceptors (Lipinski definition) is 3. The van der Waals surface area contributed by atoms with E-state index in [0.717, 1.165) is 17.7 Å². The summed E-state index contributed by atoms with van der Waals surface area (Å²) in [6.07, 6.45) is 1.74. The van der Waals surface area contributed by atoms with Crippen LogP contribution in [-0.4, -0.2) is 35.9 Å². The maximum absolute atomic E-state index is 12.9. The Kier molecular flexibility index (Phi) is 9.51. The number of benzene rings is 2. The minimum absolute atomic E-state index is 0.0734. The number of hydrogen-bond donors (Lipinski definition) is 1. The van der Waals surface area contributed by atoms with Crippen molar-refractivity contribution >= 4 is 23.4 Å². The first-order chi connectivity index (χ1) is 14.0. The number of ether oxygens (including phenoxy) is 1.